The van der Waals surface area contributed by atoms with Crippen LogP contribution in [-0.4, -0.2) is 42.0 Å². The maximum atomic E-state index is 13.0. The second-order valence-corrected chi connectivity index (χ2v) is 9.08. The molecular formula is C20H21ClF3N3OS. The summed E-state index contributed by atoms with van der Waals surface area (Å²) in [5.74, 6) is 1.03. The summed E-state index contributed by atoms with van der Waals surface area (Å²) in [5.41, 5.74) is 1.15. The first-order chi connectivity index (χ1) is 13.7. The van der Waals surface area contributed by atoms with Crippen LogP contribution in [0.4, 0.5) is 19.0 Å². The molecule has 0 spiro atoms. The Balaban J connectivity index is 1.43. The standard InChI is InChI=1S/C20H21ClF3N3OS/c1-12-2-3-14-15(11-29-17(14)8-12)19(28)27-6-4-26(5-7-27)18-16(21)9-13(10-25-18)20(22,23)24/h9-12H,2-8H2,1H3. The fraction of sp³-hybridized carbons (Fsp3) is 0.500. The second-order valence-electron chi connectivity index (χ2n) is 7.71. The maximum Gasteiger partial charge on any atom is 0.417 e. The van der Waals surface area contributed by atoms with E-state index in [0.717, 1.165) is 37.1 Å². The highest BCUT2D eigenvalue weighted by Crippen LogP contribution is 2.35. The van der Waals surface area contributed by atoms with Gasteiger partial charge in [-0.25, -0.2) is 4.98 Å². The zero-order valence-electron chi connectivity index (χ0n) is 15.9. The van der Waals surface area contributed by atoms with Crippen molar-refractivity contribution in [3.05, 3.63) is 44.2 Å². The number of thiophene rings is 1. The van der Waals surface area contributed by atoms with Gasteiger partial charge in [0.1, 0.15) is 5.82 Å². The molecule has 1 aliphatic heterocycles. The van der Waals surface area contributed by atoms with Crippen molar-refractivity contribution >= 4 is 34.7 Å². The molecule has 0 aromatic carbocycles. The minimum atomic E-state index is -4.47. The molecule has 1 saturated heterocycles. The third kappa shape index (κ3) is 4.10. The molecule has 0 radical (unpaired) electrons. The summed E-state index contributed by atoms with van der Waals surface area (Å²) in [6.07, 6.45) is -0.573. The Bertz CT molecular complexity index is 922. The van der Waals surface area contributed by atoms with Crippen molar-refractivity contribution in [1.82, 2.24) is 9.88 Å². The summed E-state index contributed by atoms with van der Waals surface area (Å²) in [6.45, 7) is 4.17. The first-order valence-electron chi connectivity index (χ1n) is 9.60. The Morgan fingerprint density at radius 2 is 2.00 bits per heavy atom. The number of carbonyl (C=O) groups is 1. The molecule has 2 aliphatic rings. The summed E-state index contributed by atoms with van der Waals surface area (Å²) in [7, 11) is 0. The minimum absolute atomic E-state index is 0.0272. The van der Waals surface area contributed by atoms with Gasteiger partial charge >= 0.3 is 6.18 Å². The van der Waals surface area contributed by atoms with Crippen LogP contribution in [0.1, 0.15) is 39.7 Å². The van der Waals surface area contributed by atoms with Gasteiger partial charge in [0.15, 0.2) is 0 Å². The van der Waals surface area contributed by atoms with Gasteiger partial charge in [0.25, 0.3) is 5.91 Å². The van der Waals surface area contributed by atoms with Crippen LogP contribution in [0.2, 0.25) is 5.02 Å². The number of piperazine rings is 1. The van der Waals surface area contributed by atoms with Crippen molar-refractivity contribution in [2.45, 2.75) is 32.4 Å². The van der Waals surface area contributed by atoms with Gasteiger partial charge in [0, 0.05) is 42.6 Å². The van der Waals surface area contributed by atoms with E-state index in [-0.39, 0.29) is 10.9 Å². The number of carbonyl (C=O) groups excluding carboxylic acids is 1. The SMILES string of the molecule is CC1CCc2c(C(=O)N3CCN(c4ncc(C(F)(F)F)cc4Cl)CC3)csc2C1. The van der Waals surface area contributed by atoms with Gasteiger partial charge in [-0.2, -0.15) is 13.2 Å². The monoisotopic (exact) mass is 443 g/mol. The van der Waals surface area contributed by atoms with Gasteiger partial charge in [-0.15, -0.1) is 11.3 Å². The summed E-state index contributed by atoms with van der Waals surface area (Å²) in [4.78, 5) is 21.9. The summed E-state index contributed by atoms with van der Waals surface area (Å²) in [5, 5.41) is 1.95. The van der Waals surface area contributed by atoms with Gasteiger partial charge in [-0.3, -0.25) is 4.79 Å². The summed E-state index contributed by atoms with van der Waals surface area (Å²) in [6, 6.07) is 0.903. The number of nitrogens with zero attached hydrogens (tertiary/aromatic N) is 3. The quantitative estimate of drug-likeness (QED) is 0.662. The minimum Gasteiger partial charge on any atom is -0.352 e. The molecule has 0 N–H and O–H groups in total. The van der Waals surface area contributed by atoms with E-state index < -0.39 is 11.7 Å². The highest BCUT2D eigenvalue weighted by atomic mass is 35.5. The topological polar surface area (TPSA) is 36.4 Å². The third-order valence-electron chi connectivity index (χ3n) is 5.65. The van der Waals surface area contributed by atoms with Crippen molar-refractivity contribution in [2.24, 2.45) is 5.92 Å². The summed E-state index contributed by atoms with van der Waals surface area (Å²) >= 11 is 7.73. The maximum absolute atomic E-state index is 13.0. The van der Waals surface area contributed by atoms with Crippen LogP contribution in [0, 0.1) is 5.92 Å². The van der Waals surface area contributed by atoms with Crippen LogP contribution < -0.4 is 4.90 Å². The van der Waals surface area contributed by atoms with E-state index >= 15 is 0 Å². The highest BCUT2D eigenvalue weighted by molar-refractivity contribution is 7.10. The third-order valence-corrected chi connectivity index (χ3v) is 6.98. The normalized spacial score (nSPS) is 20.0. The zero-order chi connectivity index (χ0) is 20.8. The van der Waals surface area contributed by atoms with Crippen LogP contribution >= 0.6 is 22.9 Å². The lowest BCUT2D eigenvalue weighted by atomic mass is 9.88. The molecule has 1 amide bonds. The van der Waals surface area contributed by atoms with Crippen molar-refractivity contribution in [1.29, 1.82) is 0 Å². The molecule has 3 heterocycles. The largest absolute Gasteiger partial charge is 0.417 e. The summed E-state index contributed by atoms with van der Waals surface area (Å²) < 4.78 is 38.4. The van der Waals surface area contributed by atoms with Crippen LogP contribution in [0.25, 0.3) is 0 Å². The fourth-order valence-electron chi connectivity index (χ4n) is 3.97. The number of alkyl halides is 3. The molecule has 1 fully saturated rings. The number of hydrogen-bond acceptors (Lipinski definition) is 4. The second kappa shape index (κ2) is 7.80. The molecule has 2 aromatic heterocycles. The molecule has 0 bridgehead atoms. The van der Waals surface area contributed by atoms with Crippen molar-refractivity contribution in [3.8, 4) is 0 Å². The van der Waals surface area contributed by atoms with Crippen LogP contribution in [0.5, 0.6) is 0 Å². The van der Waals surface area contributed by atoms with Crippen molar-refractivity contribution in [2.75, 3.05) is 31.1 Å². The van der Waals surface area contributed by atoms with Crippen LogP contribution in [0.3, 0.4) is 0 Å². The Kier molecular flexibility index (Phi) is 5.50. The molecule has 1 aliphatic carbocycles. The molecule has 4 nitrogen and oxygen atoms in total. The molecule has 156 valence electrons. The number of rotatable bonds is 2. The van der Waals surface area contributed by atoms with Crippen molar-refractivity contribution < 1.29 is 18.0 Å². The number of anilines is 1. The smallest absolute Gasteiger partial charge is 0.352 e. The van der Waals surface area contributed by atoms with Crippen molar-refractivity contribution in [3.63, 3.8) is 0 Å². The molecule has 9 heteroatoms. The van der Waals surface area contributed by atoms with Crippen LogP contribution in [0.15, 0.2) is 17.6 Å². The lowest BCUT2D eigenvalue weighted by Crippen LogP contribution is -2.49. The highest BCUT2D eigenvalue weighted by Gasteiger charge is 2.33. The van der Waals surface area contributed by atoms with Crippen LogP contribution in [-0.2, 0) is 19.0 Å². The Labute approximate surface area is 176 Å². The Morgan fingerprint density at radius 3 is 2.66 bits per heavy atom. The molecule has 4 rings (SSSR count). The zero-order valence-corrected chi connectivity index (χ0v) is 17.5. The molecule has 29 heavy (non-hydrogen) atoms. The predicted octanol–water partition coefficient (Wildman–Crippen LogP) is 4.90. The number of pyridine rings is 1. The molecular weight excluding hydrogens is 423 g/mol. The van der Waals surface area contributed by atoms with E-state index in [9.17, 15) is 18.0 Å². The van der Waals surface area contributed by atoms with Gasteiger partial charge < -0.3 is 9.80 Å². The van der Waals surface area contributed by atoms with E-state index in [0.29, 0.717) is 37.9 Å². The van der Waals surface area contributed by atoms with Gasteiger partial charge in [0.05, 0.1) is 16.1 Å². The Morgan fingerprint density at radius 1 is 1.28 bits per heavy atom. The number of aromatic nitrogens is 1. The van der Waals surface area contributed by atoms with Gasteiger partial charge in [-0.05, 0) is 36.8 Å². The number of fused-ring (bicyclic) bond motifs is 1. The fourth-order valence-corrected chi connectivity index (χ4v) is 5.49. The van der Waals surface area contributed by atoms with E-state index in [2.05, 4.69) is 11.9 Å². The molecule has 2 aromatic rings. The van der Waals surface area contributed by atoms with Gasteiger partial charge in [0.2, 0.25) is 0 Å². The Hall–Kier alpha value is -1.80. The number of amides is 1. The number of halogens is 4. The molecule has 0 saturated carbocycles. The molecule has 1 unspecified atom stereocenters. The van der Waals surface area contributed by atoms with Gasteiger partial charge in [-0.1, -0.05) is 18.5 Å². The lowest BCUT2D eigenvalue weighted by molar-refractivity contribution is -0.137. The first-order valence-corrected chi connectivity index (χ1v) is 10.9. The van der Waals surface area contributed by atoms with E-state index in [1.165, 1.54) is 10.4 Å². The average molecular weight is 444 g/mol. The molecule has 1 atom stereocenters. The van der Waals surface area contributed by atoms with E-state index in [4.69, 9.17) is 11.6 Å². The van der Waals surface area contributed by atoms with E-state index in [1.807, 2.05) is 15.2 Å². The van der Waals surface area contributed by atoms with E-state index in [1.54, 1.807) is 11.3 Å². The number of hydrogen-bond donors (Lipinski definition) is 0. The predicted molar refractivity (Wildman–Crippen MR) is 108 cm³/mol. The lowest BCUT2D eigenvalue weighted by Gasteiger charge is -2.36. The first kappa shape index (κ1) is 20.5. The average Bonchev–Trinajstić information content (AvgIpc) is 3.10.